The molecule has 20 heavy (non-hydrogen) atoms. The Labute approximate surface area is 127 Å². The van der Waals surface area contributed by atoms with Crippen LogP contribution in [0.2, 0.25) is 0 Å². The number of hydrogen-bond acceptors (Lipinski definition) is 3. The topological polar surface area (TPSA) is 50.2 Å². The molecule has 3 rings (SSSR count). The van der Waals surface area contributed by atoms with Gasteiger partial charge in [0.15, 0.2) is 0 Å². The van der Waals surface area contributed by atoms with Gasteiger partial charge in [0.2, 0.25) is 0 Å². The van der Waals surface area contributed by atoms with E-state index in [0.717, 1.165) is 17.7 Å². The van der Waals surface area contributed by atoms with Crippen LogP contribution in [0, 0.1) is 5.82 Å². The number of carboxylic acid groups (broad SMARTS) is 1. The summed E-state index contributed by atoms with van der Waals surface area (Å²) in [4.78, 5) is 16.6. The highest BCUT2D eigenvalue weighted by Crippen LogP contribution is 2.39. The Kier molecular flexibility index (Phi) is 3.60. The molecule has 1 aromatic heterocycles. The molecule has 104 valence electrons. The highest BCUT2D eigenvalue weighted by atomic mass is 79.9. The zero-order valence-corrected chi connectivity index (χ0v) is 12.8. The standard InChI is InChI=1S/C14H11BrFNO2S/c15-7-4-5-8(10(16)6-7)13-17-12-9(14(18)19)2-1-3-11(12)20-13/h4-6,9H,1-3H2,(H,18,19). The van der Waals surface area contributed by atoms with Gasteiger partial charge in [0, 0.05) is 14.9 Å². The van der Waals surface area contributed by atoms with Crippen molar-refractivity contribution in [3.8, 4) is 10.6 Å². The lowest BCUT2D eigenvalue weighted by Gasteiger charge is -2.16. The molecule has 0 bridgehead atoms. The van der Waals surface area contributed by atoms with Crippen LogP contribution in [0.25, 0.3) is 10.6 Å². The Bertz CT molecular complexity index is 686. The minimum Gasteiger partial charge on any atom is -0.481 e. The Morgan fingerprint density at radius 3 is 3.00 bits per heavy atom. The summed E-state index contributed by atoms with van der Waals surface area (Å²) in [5.74, 6) is -1.75. The SMILES string of the molecule is O=C(O)C1CCCc2sc(-c3ccc(Br)cc3F)nc21. The van der Waals surface area contributed by atoms with E-state index in [2.05, 4.69) is 20.9 Å². The summed E-state index contributed by atoms with van der Waals surface area (Å²) in [5, 5.41) is 9.80. The molecule has 0 amide bonds. The minimum absolute atomic E-state index is 0.350. The maximum atomic E-state index is 14.0. The fourth-order valence-electron chi connectivity index (χ4n) is 2.44. The second kappa shape index (κ2) is 5.26. The number of benzene rings is 1. The van der Waals surface area contributed by atoms with Crippen LogP contribution in [0.15, 0.2) is 22.7 Å². The van der Waals surface area contributed by atoms with Gasteiger partial charge >= 0.3 is 5.97 Å². The normalized spacial score (nSPS) is 17.8. The van der Waals surface area contributed by atoms with Crippen molar-refractivity contribution in [2.75, 3.05) is 0 Å². The number of thiazole rings is 1. The first-order valence-electron chi connectivity index (χ1n) is 6.24. The van der Waals surface area contributed by atoms with Crippen LogP contribution < -0.4 is 0 Å². The number of nitrogens with zero attached hydrogens (tertiary/aromatic N) is 1. The van der Waals surface area contributed by atoms with E-state index in [1.165, 1.54) is 17.4 Å². The van der Waals surface area contributed by atoms with Crippen molar-refractivity contribution in [2.24, 2.45) is 0 Å². The van der Waals surface area contributed by atoms with E-state index in [1.54, 1.807) is 12.1 Å². The van der Waals surface area contributed by atoms with Crippen molar-refractivity contribution in [1.82, 2.24) is 4.98 Å². The van der Waals surface area contributed by atoms with Crippen molar-refractivity contribution in [3.05, 3.63) is 39.1 Å². The van der Waals surface area contributed by atoms with E-state index >= 15 is 0 Å². The zero-order valence-electron chi connectivity index (χ0n) is 10.4. The lowest BCUT2D eigenvalue weighted by Crippen LogP contribution is -2.17. The van der Waals surface area contributed by atoms with Gasteiger partial charge in [-0.1, -0.05) is 15.9 Å². The molecule has 6 heteroatoms. The van der Waals surface area contributed by atoms with Crippen LogP contribution in [-0.4, -0.2) is 16.1 Å². The van der Waals surface area contributed by atoms with E-state index in [1.807, 2.05) is 0 Å². The van der Waals surface area contributed by atoms with Gasteiger partial charge < -0.3 is 5.11 Å². The average molecular weight is 356 g/mol. The predicted molar refractivity (Wildman–Crippen MR) is 78.5 cm³/mol. The molecule has 0 fully saturated rings. The summed E-state index contributed by atoms with van der Waals surface area (Å²) in [6.45, 7) is 0. The summed E-state index contributed by atoms with van der Waals surface area (Å²) < 4.78 is 14.6. The number of aliphatic carboxylic acids is 1. The van der Waals surface area contributed by atoms with E-state index in [0.29, 0.717) is 27.2 Å². The molecule has 2 aromatic rings. The molecule has 1 aromatic carbocycles. The van der Waals surface area contributed by atoms with Gasteiger partial charge in [-0.3, -0.25) is 4.79 Å². The maximum absolute atomic E-state index is 14.0. The van der Waals surface area contributed by atoms with Crippen molar-refractivity contribution in [3.63, 3.8) is 0 Å². The fourth-order valence-corrected chi connectivity index (χ4v) is 3.96. The van der Waals surface area contributed by atoms with E-state index in [-0.39, 0.29) is 5.82 Å². The van der Waals surface area contributed by atoms with Crippen LogP contribution in [-0.2, 0) is 11.2 Å². The summed E-state index contributed by atoms with van der Waals surface area (Å²) in [6.07, 6.45) is 2.28. The predicted octanol–water partition coefficient (Wildman–Crippen LogP) is 4.22. The monoisotopic (exact) mass is 355 g/mol. The molecule has 1 N–H and O–H groups in total. The number of carboxylic acids is 1. The lowest BCUT2D eigenvalue weighted by molar-refractivity contribution is -0.139. The van der Waals surface area contributed by atoms with Gasteiger partial charge in [0.1, 0.15) is 10.8 Å². The van der Waals surface area contributed by atoms with Gasteiger partial charge in [-0.05, 0) is 37.5 Å². The largest absolute Gasteiger partial charge is 0.481 e. The molecule has 0 spiro atoms. The third kappa shape index (κ3) is 2.38. The van der Waals surface area contributed by atoms with Crippen molar-refractivity contribution >= 4 is 33.2 Å². The molecule has 1 aliphatic rings. The van der Waals surface area contributed by atoms with Gasteiger partial charge in [-0.25, -0.2) is 9.37 Å². The van der Waals surface area contributed by atoms with E-state index < -0.39 is 11.9 Å². The number of rotatable bonds is 2. The Hall–Kier alpha value is -1.27. The minimum atomic E-state index is -0.848. The molecule has 1 aliphatic carbocycles. The smallest absolute Gasteiger partial charge is 0.312 e. The van der Waals surface area contributed by atoms with Crippen LogP contribution in [0.4, 0.5) is 4.39 Å². The Balaban J connectivity index is 2.07. The van der Waals surface area contributed by atoms with Gasteiger partial charge in [0.25, 0.3) is 0 Å². The Morgan fingerprint density at radius 1 is 1.50 bits per heavy atom. The fraction of sp³-hybridized carbons (Fsp3) is 0.286. The number of aryl methyl sites for hydroxylation is 1. The van der Waals surface area contributed by atoms with Crippen molar-refractivity contribution in [2.45, 2.75) is 25.2 Å². The van der Waals surface area contributed by atoms with Crippen molar-refractivity contribution in [1.29, 1.82) is 0 Å². The molecule has 0 saturated carbocycles. The summed E-state index contributed by atoms with van der Waals surface area (Å²) in [5.41, 5.74) is 1.04. The third-order valence-corrected chi connectivity index (χ3v) is 5.07. The first kappa shape index (κ1) is 13.7. The Morgan fingerprint density at radius 2 is 2.30 bits per heavy atom. The molecule has 3 nitrogen and oxygen atoms in total. The summed E-state index contributed by atoms with van der Waals surface area (Å²) in [6, 6.07) is 4.82. The second-order valence-electron chi connectivity index (χ2n) is 4.73. The van der Waals surface area contributed by atoms with Gasteiger partial charge in [0.05, 0.1) is 11.6 Å². The molecule has 0 radical (unpaired) electrons. The zero-order chi connectivity index (χ0) is 14.3. The highest BCUT2D eigenvalue weighted by Gasteiger charge is 2.30. The van der Waals surface area contributed by atoms with Crippen molar-refractivity contribution < 1.29 is 14.3 Å². The molecule has 0 saturated heterocycles. The third-order valence-electron chi connectivity index (χ3n) is 3.41. The summed E-state index contributed by atoms with van der Waals surface area (Å²) >= 11 is 4.62. The van der Waals surface area contributed by atoms with Crippen LogP contribution in [0.1, 0.15) is 29.3 Å². The average Bonchev–Trinajstić information content (AvgIpc) is 2.81. The van der Waals surface area contributed by atoms with Crippen LogP contribution in [0.3, 0.4) is 0 Å². The molecule has 1 unspecified atom stereocenters. The van der Waals surface area contributed by atoms with E-state index in [4.69, 9.17) is 0 Å². The number of fused-ring (bicyclic) bond motifs is 1. The molecule has 1 heterocycles. The molecular weight excluding hydrogens is 345 g/mol. The van der Waals surface area contributed by atoms with Crippen LogP contribution in [0.5, 0.6) is 0 Å². The number of carbonyl (C=O) groups is 1. The number of halogens is 2. The first-order valence-corrected chi connectivity index (χ1v) is 7.85. The quantitative estimate of drug-likeness (QED) is 0.877. The first-order chi connectivity index (χ1) is 9.56. The second-order valence-corrected chi connectivity index (χ2v) is 6.73. The van der Waals surface area contributed by atoms with Gasteiger partial charge in [-0.15, -0.1) is 11.3 Å². The summed E-state index contributed by atoms with van der Waals surface area (Å²) in [7, 11) is 0. The number of hydrogen-bond donors (Lipinski definition) is 1. The van der Waals surface area contributed by atoms with Crippen LogP contribution >= 0.6 is 27.3 Å². The lowest BCUT2D eigenvalue weighted by atomic mass is 9.91. The highest BCUT2D eigenvalue weighted by molar-refractivity contribution is 9.10. The van der Waals surface area contributed by atoms with Gasteiger partial charge in [-0.2, -0.15) is 0 Å². The van der Waals surface area contributed by atoms with E-state index in [9.17, 15) is 14.3 Å². The number of aromatic nitrogens is 1. The maximum Gasteiger partial charge on any atom is 0.312 e. The molecule has 0 aliphatic heterocycles. The molecular formula is C14H11BrFNO2S. The molecule has 1 atom stereocenters.